The van der Waals surface area contributed by atoms with Gasteiger partial charge in [0.05, 0.1) is 6.10 Å². The van der Waals surface area contributed by atoms with E-state index in [0.29, 0.717) is 18.7 Å². The second kappa shape index (κ2) is 7.43. The topological polar surface area (TPSA) is 26.7 Å². The molecule has 2 saturated heterocycles. The van der Waals surface area contributed by atoms with Gasteiger partial charge in [0.2, 0.25) is 0 Å². The van der Waals surface area contributed by atoms with Crippen molar-refractivity contribution in [1.82, 2.24) is 9.80 Å². The predicted octanol–water partition coefficient (Wildman–Crippen LogP) is 2.83. The molecule has 2 aliphatic rings. The molecule has 0 bridgehead atoms. The molecule has 3 atom stereocenters. The summed E-state index contributed by atoms with van der Waals surface area (Å²) in [4.78, 5) is 4.60. The summed E-state index contributed by atoms with van der Waals surface area (Å²) in [5.41, 5.74) is 1.63. The Kier molecular flexibility index (Phi) is 5.02. The molecule has 0 radical (unpaired) electrons. The highest BCUT2D eigenvalue weighted by Gasteiger charge is 2.39. The highest BCUT2D eigenvalue weighted by atomic mass is 19.2. The number of aliphatic hydroxyl groups is 1. The predicted molar refractivity (Wildman–Crippen MR) is 96.7 cm³/mol. The maximum absolute atomic E-state index is 14.2. The minimum absolute atomic E-state index is 0.210. The van der Waals surface area contributed by atoms with E-state index in [-0.39, 0.29) is 18.2 Å². The SMILES string of the molecule is O[C@@H]1C[C@H]2CN(Cc3cccc(F)c3F)[C@H](Cc3ccccc3)CN2C1. The van der Waals surface area contributed by atoms with Crippen molar-refractivity contribution >= 4 is 0 Å². The molecule has 0 aromatic heterocycles. The molecule has 2 aliphatic heterocycles. The van der Waals surface area contributed by atoms with Crippen molar-refractivity contribution in [2.24, 2.45) is 0 Å². The van der Waals surface area contributed by atoms with Crippen LogP contribution in [0.1, 0.15) is 17.5 Å². The molecule has 5 heteroatoms. The number of hydrogen-bond acceptors (Lipinski definition) is 3. The summed E-state index contributed by atoms with van der Waals surface area (Å²) >= 11 is 0. The lowest BCUT2D eigenvalue weighted by Gasteiger charge is -2.43. The third-order valence-electron chi connectivity index (χ3n) is 5.63. The van der Waals surface area contributed by atoms with Crippen LogP contribution in [0.4, 0.5) is 8.78 Å². The van der Waals surface area contributed by atoms with Gasteiger partial charge in [-0.15, -0.1) is 0 Å². The number of halogens is 2. The van der Waals surface area contributed by atoms with E-state index in [9.17, 15) is 13.9 Å². The molecule has 4 rings (SSSR count). The highest BCUT2D eigenvalue weighted by Crippen LogP contribution is 2.28. The van der Waals surface area contributed by atoms with Crippen LogP contribution < -0.4 is 0 Å². The van der Waals surface area contributed by atoms with E-state index in [0.717, 1.165) is 32.0 Å². The molecule has 2 aromatic rings. The lowest BCUT2D eigenvalue weighted by molar-refractivity contribution is 0.0437. The van der Waals surface area contributed by atoms with Crippen LogP contribution in [0.25, 0.3) is 0 Å². The maximum atomic E-state index is 14.2. The third kappa shape index (κ3) is 3.65. The Labute approximate surface area is 152 Å². The van der Waals surface area contributed by atoms with Gasteiger partial charge in [-0.05, 0) is 24.5 Å². The Balaban J connectivity index is 1.56. The van der Waals surface area contributed by atoms with Crippen molar-refractivity contribution in [3.63, 3.8) is 0 Å². The number of benzene rings is 2. The Hall–Kier alpha value is -1.82. The van der Waals surface area contributed by atoms with E-state index in [1.54, 1.807) is 12.1 Å². The van der Waals surface area contributed by atoms with Crippen molar-refractivity contribution in [3.05, 3.63) is 71.3 Å². The van der Waals surface area contributed by atoms with Crippen molar-refractivity contribution in [3.8, 4) is 0 Å². The highest BCUT2D eigenvalue weighted by molar-refractivity contribution is 5.20. The average Bonchev–Trinajstić information content (AvgIpc) is 2.99. The van der Waals surface area contributed by atoms with Gasteiger partial charge in [-0.2, -0.15) is 0 Å². The van der Waals surface area contributed by atoms with Gasteiger partial charge in [-0.25, -0.2) is 8.78 Å². The van der Waals surface area contributed by atoms with E-state index in [2.05, 4.69) is 21.9 Å². The van der Waals surface area contributed by atoms with Crippen LogP contribution in [0, 0.1) is 11.6 Å². The van der Waals surface area contributed by atoms with Crippen LogP contribution in [0.5, 0.6) is 0 Å². The molecule has 2 fully saturated rings. The first-order valence-electron chi connectivity index (χ1n) is 9.23. The van der Waals surface area contributed by atoms with E-state index < -0.39 is 11.6 Å². The lowest BCUT2D eigenvalue weighted by Crippen LogP contribution is -2.56. The fourth-order valence-electron chi connectivity index (χ4n) is 4.34. The molecular weight excluding hydrogens is 334 g/mol. The number of rotatable bonds is 4. The quantitative estimate of drug-likeness (QED) is 0.911. The van der Waals surface area contributed by atoms with Gasteiger partial charge >= 0.3 is 0 Å². The molecule has 0 spiro atoms. The van der Waals surface area contributed by atoms with Crippen molar-refractivity contribution in [2.75, 3.05) is 19.6 Å². The third-order valence-corrected chi connectivity index (χ3v) is 5.63. The fourth-order valence-corrected chi connectivity index (χ4v) is 4.34. The summed E-state index contributed by atoms with van der Waals surface area (Å²) in [7, 11) is 0. The first-order valence-corrected chi connectivity index (χ1v) is 9.23. The summed E-state index contributed by atoms with van der Waals surface area (Å²) in [6, 6.07) is 15.1. The van der Waals surface area contributed by atoms with Crippen LogP contribution >= 0.6 is 0 Å². The zero-order valence-electron chi connectivity index (χ0n) is 14.7. The number of nitrogens with zero attached hydrogens (tertiary/aromatic N) is 2. The van der Waals surface area contributed by atoms with Crippen LogP contribution in [-0.2, 0) is 13.0 Å². The smallest absolute Gasteiger partial charge is 0.163 e. The molecule has 0 aliphatic carbocycles. The van der Waals surface area contributed by atoms with Gasteiger partial charge < -0.3 is 5.11 Å². The Bertz CT molecular complexity index is 755. The molecular formula is C21H24F2N2O. The largest absolute Gasteiger partial charge is 0.392 e. The zero-order valence-corrected chi connectivity index (χ0v) is 14.7. The van der Waals surface area contributed by atoms with Gasteiger partial charge in [0.25, 0.3) is 0 Å². The summed E-state index contributed by atoms with van der Waals surface area (Å²) in [5, 5.41) is 10.0. The summed E-state index contributed by atoms with van der Waals surface area (Å²) < 4.78 is 27.8. The van der Waals surface area contributed by atoms with Gasteiger partial charge in [-0.1, -0.05) is 42.5 Å². The molecule has 3 nitrogen and oxygen atoms in total. The second-order valence-electron chi connectivity index (χ2n) is 7.48. The lowest BCUT2D eigenvalue weighted by atomic mass is 9.99. The first-order chi connectivity index (χ1) is 12.6. The van der Waals surface area contributed by atoms with Gasteiger partial charge in [0.1, 0.15) is 0 Å². The summed E-state index contributed by atoms with van der Waals surface area (Å²) in [6.45, 7) is 2.71. The first kappa shape index (κ1) is 17.6. The molecule has 1 N–H and O–H groups in total. The zero-order chi connectivity index (χ0) is 18.1. The molecule has 2 heterocycles. The minimum atomic E-state index is -0.794. The standard InChI is InChI=1S/C21H24F2N2O/c22-20-8-4-7-16(21(20)23)11-24-13-18-10-19(26)14-25(18)12-17(24)9-15-5-2-1-3-6-15/h1-8,17-19,26H,9-14H2/t17-,18+,19-/m1/s1. The maximum Gasteiger partial charge on any atom is 0.163 e. The molecule has 26 heavy (non-hydrogen) atoms. The van der Waals surface area contributed by atoms with Crippen LogP contribution in [0.15, 0.2) is 48.5 Å². The molecule has 0 unspecified atom stereocenters. The Morgan fingerprint density at radius 1 is 0.962 bits per heavy atom. The molecule has 138 valence electrons. The normalized spacial score (nSPS) is 26.8. The number of hydrogen-bond donors (Lipinski definition) is 1. The molecule has 0 saturated carbocycles. The Morgan fingerprint density at radius 2 is 1.77 bits per heavy atom. The fraction of sp³-hybridized carbons (Fsp3) is 0.429. The Morgan fingerprint density at radius 3 is 2.58 bits per heavy atom. The van der Waals surface area contributed by atoms with Gasteiger partial charge in [-0.3, -0.25) is 9.80 Å². The second-order valence-corrected chi connectivity index (χ2v) is 7.48. The van der Waals surface area contributed by atoms with Gasteiger partial charge in [0, 0.05) is 43.8 Å². The van der Waals surface area contributed by atoms with Crippen LogP contribution in [-0.4, -0.2) is 52.7 Å². The number of fused-ring (bicyclic) bond motifs is 1. The molecule has 2 aromatic carbocycles. The van der Waals surface area contributed by atoms with Crippen molar-refractivity contribution in [1.29, 1.82) is 0 Å². The summed E-state index contributed by atoms with van der Waals surface area (Å²) in [5.74, 6) is -1.54. The van der Waals surface area contributed by atoms with E-state index >= 15 is 0 Å². The summed E-state index contributed by atoms with van der Waals surface area (Å²) in [6.07, 6.45) is 1.32. The van der Waals surface area contributed by atoms with E-state index in [1.165, 1.54) is 5.56 Å². The van der Waals surface area contributed by atoms with E-state index in [1.807, 2.05) is 18.2 Å². The van der Waals surface area contributed by atoms with E-state index in [4.69, 9.17) is 0 Å². The van der Waals surface area contributed by atoms with Gasteiger partial charge in [0.15, 0.2) is 11.6 Å². The monoisotopic (exact) mass is 358 g/mol. The van der Waals surface area contributed by atoms with Crippen LogP contribution in [0.2, 0.25) is 0 Å². The number of piperazine rings is 1. The van der Waals surface area contributed by atoms with Crippen molar-refractivity contribution < 1.29 is 13.9 Å². The number of aliphatic hydroxyl groups excluding tert-OH is 1. The molecule has 0 amide bonds. The minimum Gasteiger partial charge on any atom is -0.392 e. The van der Waals surface area contributed by atoms with Crippen molar-refractivity contribution in [2.45, 2.75) is 37.6 Å². The van der Waals surface area contributed by atoms with Crippen LogP contribution in [0.3, 0.4) is 0 Å². The average molecular weight is 358 g/mol.